The first-order valence-corrected chi connectivity index (χ1v) is 11.2. The van der Waals surface area contributed by atoms with Crippen molar-refractivity contribution in [1.29, 1.82) is 0 Å². The molecule has 1 atom stereocenters. The van der Waals surface area contributed by atoms with Crippen molar-refractivity contribution in [2.75, 3.05) is 20.3 Å². The summed E-state index contributed by atoms with van der Waals surface area (Å²) in [6.07, 6.45) is 4.83. The first-order chi connectivity index (χ1) is 15.2. The highest BCUT2D eigenvalue weighted by molar-refractivity contribution is 5.81. The second-order valence-electron chi connectivity index (χ2n) is 8.52. The highest BCUT2D eigenvalue weighted by atomic mass is 16.5. The van der Waals surface area contributed by atoms with Crippen LogP contribution in [0, 0.1) is 0 Å². The summed E-state index contributed by atoms with van der Waals surface area (Å²) < 4.78 is 13.5. The van der Waals surface area contributed by atoms with Gasteiger partial charge in [-0.15, -0.1) is 0 Å². The lowest BCUT2D eigenvalue weighted by Crippen LogP contribution is -2.27. The molecule has 0 spiro atoms. The molecule has 2 aromatic carbocycles. The quantitative estimate of drug-likeness (QED) is 0.483. The molecule has 2 heterocycles. The maximum Gasteiger partial charge on any atom is 0.223 e. The van der Waals surface area contributed by atoms with Crippen LogP contribution >= 0.6 is 0 Å². The molecule has 1 aromatic heterocycles. The number of carbonyl (C=O) groups excluding carboxylic acids is 1. The minimum Gasteiger partial charge on any atom is -0.497 e. The van der Waals surface area contributed by atoms with Crippen LogP contribution in [-0.2, 0) is 11.3 Å². The van der Waals surface area contributed by atoms with E-state index in [4.69, 9.17) is 14.5 Å². The van der Waals surface area contributed by atoms with E-state index in [1.165, 1.54) is 0 Å². The van der Waals surface area contributed by atoms with E-state index in [2.05, 4.69) is 27.7 Å². The van der Waals surface area contributed by atoms with E-state index >= 15 is 0 Å². The van der Waals surface area contributed by atoms with Gasteiger partial charge in [-0.25, -0.2) is 4.98 Å². The van der Waals surface area contributed by atoms with Crippen LogP contribution in [0.3, 0.4) is 0 Å². The highest BCUT2D eigenvalue weighted by Crippen LogP contribution is 2.37. The van der Waals surface area contributed by atoms with Crippen molar-refractivity contribution < 1.29 is 14.3 Å². The lowest BCUT2D eigenvalue weighted by molar-refractivity contribution is -0.128. The summed E-state index contributed by atoms with van der Waals surface area (Å²) in [6, 6.07) is 16.5. The molecule has 162 valence electrons. The van der Waals surface area contributed by atoms with Gasteiger partial charge < -0.3 is 18.9 Å². The summed E-state index contributed by atoms with van der Waals surface area (Å²) in [7, 11) is 1.66. The van der Waals surface area contributed by atoms with Gasteiger partial charge in [0.1, 0.15) is 17.3 Å². The zero-order valence-electron chi connectivity index (χ0n) is 18.0. The van der Waals surface area contributed by atoms with E-state index in [9.17, 15) is 4.79 Å². The Hall–Kier alpha value is -3.02. The largest absolute Gasteiger partial charge is 0.497 e. The van der Waals surface area contributed by atoms with Gasteiger partial charge in [0, 0.05) is 37.5 Å². The van der Waals surface area contributed by atoms with Crippen LogP contribution in [0.1, 0.15) is 43.8 Å². The Morgan fingerprint density at radius 3 is 2.74 bits per heavy atom. The standard InChI is InChI=1S/C25H29N3O3/c1-30-20-7-6-8-21(16-20)31-14-5-4-13-27-23-10-3-2-9-22(23)26-25(27)18-15-24(29)28(17-18)19-11-12-19/h2-3,6-10,16,18-19H,4-5,11-15,17H2,1H3. The van der Waals surface area contributed by atoms with E-state index in [-0.39, 0.29) is 11.8 Å². The molecular formula is C25H29N3O3. The van der Waals surface area contributed by atoms with Gasteiger partial charge in [-0.05, 0) is 49.9 Å². The average Bonchev–Trinajstić information content (AvgIpc) is 3.47. The van der Waals surface area contributed by atoms with E-state index in [0.717, 1.165) is 67.1 Å². The fourth-order valence-electron chi connectivity index (χ4n) is 4.54. The number of aromatic nitrogens is 2. The number of hydrogen-bond donors (Lipinski definition) is 0. The van der Waals surface area contributed by atoms with Gasteiger partial charge in [-0.2, -0.15) is 0 Å². The topological polar surface area (TPSA) is 56.6 Å². The number of hydrogen-bond acceptors (Lipinski definition) is 4. The van der Waals surface area contributed by atoms with Crippen LogP contribution in [0.15, 0.2) is 48.5 Å². The Morgan fingerprint density at radius 1 is 1.06 bits per heavy atom. The maximum atomic E-state index is 12.5. The number of carbonyl (C=O) groups is 1. The van der Waals surface area contributed by atoms with Crippen LogP contribution in [0.25, 0.3) is 11.0 Å². The molecule has 1 unspecified atom stereocenters. The number of rotatable bonds is 9. The summed E-state index contributed by atoms with van der Waals surface area (Å²) in [5, 5.41) is 0. The summed E-state index contributed by atoms with van der Waals surface area (Å²) in [5.41, 5.74) is 2.17. The van der Waals surface area contributed by atoms with Crippen molar-refractivity contribution in [2.24, 2.45) is 0 Å². The number of nitrogens with zero attached hydrogens (tertiary/aromatic N) is 3. The molecule has 2 aliphatic rings. The van der Waals surface area contributed by atoms with Crippen LogP contribution in [-0.4, -0.2) is 46.7 Å². The molecule has 5 rings (SSSR count). The van der Waals surface area contributed by atoms with Crippen LogP contribution < -0.4 is 9.47 Å². The second-order valence-corrected chi connectivity index (χ2v) is 8.52. The van der Waals surface area contributed by atoms with Crippen molar-refractivity contribution in [1.82, 2.24) is 14.5 Å². The van der Waals surface area contributed by atoms with E-state index < -0.39 is 0 Å². The van der Waals surface area contributed by atoms with Crippen molar-refractivity contribution in [3.8, 4) is 11.5 Å². The average molecular weight is 420 g/mol. The predicted molar refractivity (Wildman–Crippen MR) is 120 cm³/mol. The van der Waals surface area contributed by atoms with Crippen LogP contribution in [0.2, 0.25) is 0 Å². The molecule has 2 fully saturated rings. The highest BCUT2D eigenvalue weighted by Gasteiger charge is 2.41. The van der Waals surface area contributed by atoms with Crippen molar-refractivity contribution in [2.45, 2.75) is 50.6 Å². The predicted octanol–water partition coefficient (Wildman–Crippen LogP) is 4.38. The molecular weight excluding hydrogens is 390 g/mol. The fraction of sp³-hybridized carbons (Fsp3) is 0.440. The number of aryl methyl sites for hydroxylation is 1. The molecule has 1 saturated carbocycles. The van der Waals surface area contributed by atoms with E-state index in [1.807, 2.05) is 30.3 Å². The third-order valence-electron chi connectivity index (χ3n) is 6.28. The van der Waals surface area contributed by atoms with Gasteiger partial charge in [0.15, 0.2) is 0 Å². The minimum atomic E-state index is 0.188. The Bertz CT molecular complexity index is 1070. The summed E-state index contributed by atoms with van der Waals surface area (Å²) in [6.45, 7) is 2.35. The molecule has 31 heavy (non-hydrogen) atoms. The molecule has 6 nitrogen and oxygen atoms in total. The Kier molecular flexibility index (Phi) is 5.53. The molecule has 6 heteroatoms. The smallest absolute Gasteiger partial charge is 0.223 e. The molecule has 1 saturated heterocycles. The number of likely N-dealkylation sites (tertiary alicyclic amines) is 1. The SMILES string of the molecule is COc1cccc(OCCCCn2c(C3CC(=O)N(C4CC4)C3)nc3ccccc32)c1. The molecule has 1 aliphatic heterocycles. The number of methoxy groups -OCH3 is 1. The zero-order chi connectivity index (χ0) is 21.2. The Balaban J connectivity index is 1.24. The molecule has 1 amide bonds. The van der Waals surface area contributed by atoms with Gasteiger partial charge in [0.2, 0.25) is 5.91 Å². The number of amides is 1. The number of ether oxygens (including phenoxy) is 2. The lowest BCUT2D eigenvalue weighted by atomic mass is 10.1. The monoisotopic (exact) mass is 419 g/mol. The third kappa shape index (κ3) is 4.24. The van der Waals surface area contributed by atoms with Crippen molar-refractivity contribution in [3.63, 3.8) is 0 Å². The second kappa shape index (κ2) is 8.61. The summed E-state index contributed by atoms with van der Waals surface area (Å²) in [5.74, 6) is 3.17. The van der Waals surface area contributed by atoms with Gasteiger partial charge in [0.05, 0.1) is 24.8 Å². The molecule has 3 aromatic rings. The summed E-state index contributed by atoms with van der Waals surface area (Å²) in [4.78, 5) is 19.5. The van der Waals surface area contributed by atoms with Crippen LogP contribution in [0.4, 0.5) is 0 Å². The van der Waals surface area contributed by atoms with Gasteiger partial charge in [-0.1, -0.05) is 18.2 Å². The lowest BCUT2D eigenvalue weighted by Gasteiger charge is -2.16. The third-order valence-corrected chi connectivity index (χ3v) is 6.28. The normalized spacial score (nSPS) is 18.7. The Labute approximate surface area is 182 Å². The van der Waals surface area contributed by atoms with E-state index in [0.29, 0.717) is 19.1 Å². The fourth-order valence-corrected chi connectivity index (χ4v) is 4.54. The minimum absolute atomic E-state index is 0.188. The van der Waals surface area contributed by atoms with Gasteiger partial charge in [0.25, 0.3) is 0 Å². The van der Waals surface area contributed by atoms with Crippen LogP contribution in [0.5, 0.6) is 11.5 Å². The number of imidazole rings is 1. The first-order valence-electron chi connectivity index (χ1n) is 11.2. The number of para-hydroxylation sites is 2. The maximum absolute atomic E-state index is 12.5. The Morgan fingerprint density at radius 2 is 1.90 bits per heavy atom. The molecule has 0 radical (unpaired) electrons. The molecule has 1 aliphatic carbocycles. The number of fused-ring (bicyclic) bond motifs is 1. The van der Waals surface area contributed by atoms with Gasteiger partial charge in [-0.3, -0.25) is 4.79 Å². The van der Waals surface area contributed by atoms with Crippen molar-refractivity contribution >= 4 is 16.9 Å². The number of unbranched alkanes of at least 4 members (excludes halogenated alkanes) is 1. The molecule has 0 bridgehead atoms. The van der Waals surface area contributed by atoms with E-state index in [1.54, 1.807) is 7.11 Å². The zero-order valence-corrected chi connectivity index (χ0v) is 18.0. The first kappa shape index (κ1) is 19.9. The summed E-state index contributed by atoms with van der Waals surface area (Å²) >= 11 is 0. The number of benzene rings is 2. The van der Waals surface area contributed by atoms with Crippen molar-refractivity contribution in [3.05, 3.63) is 54.4 Å². The molecule has 0 N–H and O–H groups in total. The van der Waals surface area contributed by atoms with Gasteiger partial charge >= 0.3 is 0 Å².